The molecule has 1 amide bonds. The highest BCUT2D eigenvalue weighted by Crippen LogP contribution is 2.33. The second-order valence-electron chi connectivity index (χ2n) is 8.51. The summed E-state index contributed by atoms with van der Waals surface area (Å²) in [6.07, 6.45) is 1.58. The summed E-state index contributed by atoms with van der Waals surface area (Å²) in [5.74, 6) is 0.202. The van der Waals surface area contributed by atoms with Crippen molar-refractivity contribution in [2.45, 2.75) is 26.2 Å². The fraction of sp³-hybridized carbons (Fsp3) is 0.143. The SMILES string of the molecule is CCCC(=O)Nc1ccc2c(=O)c3c(-c4ccc(O)cc4)[nH]c(Cc4ccc(O)cc4)c3oc2c1. The van der Waals surface area contributed by atoms with Gasteiger partial charge in [-0.05, 0) is 66.1 Å². The summed E-state index contributed by atoms with van der Waals surface area (Å²) in [7, 11) is 0. The molecule has 0 aliphatic heterocycles. The van der Waals surface area contributed by atoms with E-state index in [0.717, 1.165) is 17.5 Å². The number of H-pyrrole nitrogens is 1. The lowest BCUT2D eigenvalue weighted by atomic mass is 10.1. The van der Waals surface area contributed by atoms with Crippen molar-refractivity contribution in [3.05, 3.63) is 88.2 Å². The second kappa shape index (κ2) is 9.02. The number of rotatable bonds is 6. The average Bonchev–Trinajstić information content (AvgIpc) is 3.19. The first-order chi connectivity index (χ1) is 16.9. The maximum absolute atomic E-state index is 13.6. The van der Waals surface area contributed by atoms with Gasteiger partial charge in [-0.2, -0.15) is 0 Å². The van der Waals surface area contributed by atoms with Gasteiger partial charge in [0.15, 0.2) is 5.58 Å². The Kier molecular flexibility index (Phi) is 5.74. The largest absolute Gasteiger partial charge is 0.508 e. The van der Waals surface area contributed by atoms with Crippen LogP contribution in [0.1, 0.15) is 31.0 Å². The van der Waals surface area contributed by atoms with Gasteiger partial charge >= 0.3 is 0 Å². The van der Waals surface area contributed by atoms with Crippen LogP contribution in [0.4, 0.5) is 5.69 Å². The quantitative estimate of drug-likeness (QED) is 0.256. The van der Waals surface area contributed by atoms with Crippen molar-refractivity contribution in [1.29, 1.82) is 0 Å². The Hall–Kier alpha value is -4.52. The highest BCUT2D eigenvalue weighted by atomic mass is 16.3. The standard InChI is InChI=1S/C28H24N2O5/c1-2-3-24(33)29-18-8-13-21-23(15-18)35-28-22(14-16-4-9-19(31)10-5-16)30-26(25(28)27(21)34)17-6-11-20(32)12-7-17/h4-13,15,30-32H,2-3,14H2,1H3,(H,29,33). The van der Waals surface area contributed by atoms with Gasteiger partial charge in [-0.1, -0.05) is 19.1 Å². The van der Waals surface area contributed by atoms with Crippen LogP contribution in [0.5, 0.6) is 11.5 Å². The number of aromatic nitrogens is 1. The van der Waals surface area contributed by atoms with Crippen LogP contribution in [0.2, 0.25) is 0 Å². The van der Waals surface area contributed by atoms with Crippen molar-refractivity contribution in [3.63, 3.8) is 0 Å². The summed E-state index contributed by atoms with van der Waals surface area (Å²) in [4.78, 5) is 29.1. The smallest absolute Gasteiger partial charge is 0.224 e. The number of phenolic OH excluding ortho intramolecular Hbond substituents is 2. The number of hydrogen-bond acceptors (Lipinski definition) is 5. The number of amides is 1. The van der Waals surface area contributed by atoms with Gasteiger partial charge in [-0.15, -0.1) is 0 Å². The van der Waals surface area contributed by atoms with Crippen molar-refractivity contribution in [1.82, 2.24) is 4.98 Å². The lowest BCUT2D eigenvalue weighted by Crippen LogP contribution is -2.11. The van der Waals surface area contributed by atoms with Gasteiger partial charge in [-0.25, -0.2) is 0 Å². The van der Waals surface area contributed by atoms with Gasteiger partial charge in [0, 0.05) is 24.6 Å². The van der Waals surface area contributed by atoms with E-state index in [1.807, 2.05) is 19.1 Å². The minimum Gasteiger partial charge on any atom is -0.508 e. The third-order valence-electron chi connectivity index (χ3n) is 5.93. The summed E-state index contributed by atoms with van der Waals surface area (Å²) in [5, 5.41) is 23.0. The van der Waals surface area contributed by atoms with Crippen LogP contribution in [0.15, 0.2) is 75.9 Å². The first kappa shape index (κ1) is 22.3. The molecule has 0 unspecified atom stereocenters. The molecule has 0 fully saturated rings. The molecule has 5 rings (SSSR count). The third kappa shape index (κ3) is 4.36. The summed E-state index contributed by atoms with van der Waals surface area (Å²) in [6, 6.07) is 18.5. The van der Waals surface area contributed by atoms with Gasteiger partial charge < -0.3 is 24.9 Å². The van der Waals surface area contributed by atoms with Crippen LogP contribution in [0.25, 0.3) is 33.2 Å². The lowest BCUT2D eigenvalue weighted by molar-refractivity contribution is -0.116. The second-order valence-corrected chi connectivity index (χ2v) is 8.51. The number of carbonyl (C=O) groups is 1. The molecule has 0 radical (unpaired) electrons. The van der Waals surface area contributed by atoms with Crippen LogP contribution in [0, 0.1) is 0 Å². The Morgan fingerprint density at radius 2 is 1.66 bits per heavy atom. The van der Waals surface area contributed by atoms with E-state index < -0.39 is 0 Å². The minimum atomic E-state index is -0.191. The first-order valence-electron chi connectivity index (χ1n) is 11.4. The number of aromatic amines is 1. The lowest BCUT2D eigenvalue weighted by Gasteiger charge is -2.06. The molecule has 35 heavy (non-hydrogen) atoms. The highest BCUT2D eigenvalue weighted by Gasteiger charge is 2.20. The monoisotopic (exact) mass is 468 g/mol. The van der Waals surface area contributed by atoms with E-state index in [1.165, 1.54) is 0 Å². The third-order valence-corrected chi connectivity index (χ3v) is 5.93. The summed E-state index contributed by atoms with van der Waals surface area (Å²) in [5.41, 5.74) is 4.14. The molecule has 0 saturated heterocycles. The molecule has 0 aliphatic rings. The fourth-order valence-corrected chi connectivity index (χ4v) is 4.22. The molecule has 0 bridgehead atoms. The molecule has 0 atom stereocenters. The fourth-order valence-electron chi connectivity index (χ4n) is 4.22. The molecule has 7 nitrogen and oxygen atoms in total. The molecule has 0 saturated carbocycles. The molecule has 0 aliphatic carbocycles. The molecule has 0 spiro atoms. The summed E-state index contributed by atoms with van der Waals surface area (Å²) in [6.45, 7) is 1.93. The van der Waals surface area contributed by atoms with Crippen molar-refractivity contribution in [3.8, 4) is 22.8 Å². The van der Waals surface area contributed by atoms with Crippen molar-refractivity contribution in [2.24, 2.45) is 0 Å². The van der Waals surface area contributed by atoms with Crippen LogP contribution in [-0.4, -0.2) is 21.1 Å². The zero-order valence-electron chi connectivity index (χ0n) is 19.1. The number of aromatic hydroxyl groups is 2. The van der Waals surface area contributed by atoms with E-state index in [2.05, 4.69) is 10.3 Å². The van der Waals surface area contributed by atoms with E-state index in [1.54, 1.807) is 54.6 Å². The van der Waals surface area contributed by atoms with E-state index in [0.29, 0.717) is 51.9 Å². The molecular weight excluding hydrogens is 444 g/mol. The zero-order chi connectivity index (χ0) is 24.5. The van der Waals surface area contributed by atoms with E-state index >= 15 is 0 Å². The first-order valence-corrected chi connectivity index (χ1v) is 11.4. The van der Waals surface area contributed by atoms with Crippen molar-refractivity contribution >= 4 is 33.5 Å². The van der Waals surface area contributed by atoms with Gasteiger partial charge in [0.25, 0.3) is 0 Å². The molecule has 4 N–H and O–H groups in total. The molecule has 2 aromatic heterocycles. The minimum absolute atomic E-state index is 0.0976. The highest BCUT2D eigenvalue weighted by molar-refractivity contribution is 6.01. The Labute approximate surface area is 200 Å². The average molecular weight is 469 g/mol. The topological polar surface area (TPSA) is 116 Å². The van der Waals surface area contributed by atoms with Crippen LogP contribution in [0.3, 0.4) is 0 Å². The maximum atomic E-state index is 13.6. The Balaban J connectivity index is 1.70. The number of phenols is 2. The summed E-state index contributed by atoms with van der Waals surface area (Å²) < 4.78 is 6.28. The molecule has 2 heterocycles. The van der Waals surface area contributed by atoms with Crippen LogP contribution >= 0.6 is 0 Å². The van der Waals surface area contributed by atoms with Crippen molar-refractivity contribution in [2.75, 3.05) is 5.32 Å². The van der Waals surface area contributed by atoms with Crippen molar-refractivity contribution < 1.29 is 19.4 Å². The maximum Gasteiger partial charge on any atom is 0.224 e. The van der Waals surface area contributed by atoms with Gasteiger partial charge in [0.05, 0.1) is 22.2 Å². The van der Waals surface area contributed by atoms with Gasteiger partial charge in [0.1, 0.15) is 17.1 Å². The predicted molar refractivity (Wildman–Crippen MR) is 136 cm³/mol. The van der Waals surface area contributed by atoms with E-state index in [-0.39, 0.29) is 22.8 Å². The molecule has 3 aromatic carbocycles. The summed E-state index contributed by atoms with van der Waals surface area (Å²) >= 11 is 0. The van der Waals surface area contributed by atoms with Crippen LogP contribution < -0.4 is 10.7 Å². The number of carbonyl (C=O) groups excluding carboxylic acids is 1. The molecule has 5 aromatic rings. The predicted octanol–water partition coefficient (Wildman–Crippen LogP) is 5.68. The molecule has 7 heteroatoms. The van der Waals surface area contributed by atoms with Gasteiger partial charge in [-0.3, -0.25) is 9.59 Å². The number of anilines is 1. The molecule has 176 valence electrons. The normalized spacial score (nSPS) is 11.2. The Bertz CT molecular complexity index is 1600. The van der Waals surface area contributed by atoms with Crippen LogP contribution in [-0.2, 0) is 11.2 Å². The number of nitrogens with one attached hydrogen (secondary N) is 2. The Morgan fingerprint density at radius 3 is 2.34 bits per heavy atom. The molecular formula is C28H24N2O5. The number of benzene rings is 3. The Morgan fingerprint density at radius 1 is 0.971 bits per heavy atom. The van der Waals surface area contributed by atoms with E-state index in [4.69, 9.17) is 4.42 Å². The van der Waals surface area contributed by atoms with Gasteiger partial charge in [0.2, 0.25) is 11.3 Å². The zero-order valence-corrected chi connectivity index (χ0v) is 19.1. The van der Waals surface area contributed by atoms with E-state index in [9.17, 15) is 19.8 Å². The number of fused-ring (bicyclic) bond motifs is 2. The number of hydrogen-bond donors (Lipinski definition) is 4.